The Kier molecular flexibility index (Phi) is 6.26. The summed E-state index contributed by atoms with van der Waals surface area (Å²) in [6, 6.07) is 0. The first-order chi connectivity index (χ1) is 6.81. The average Bonchev–Trinajstić information content (AvgIpc) is 2.01. The average molecular weight is 228 g/mol. The van der Waals surface area contributed by atoms with Crippen molar-refractivity contribution in [3.63, 3.8) is 0 Å². The van der Waals surface area contributed by atoms with Crippen molar-refractivity contribution in [1.82, 2.24) is 4.90 Å². The first kappa shape index (κ1) is 14.2. The van der Waals surface area contributed by atoms with Crippen molar-refractivity contribution in [2.75, 3.05) is 33.4 Å². The Bertz CT molecular complexity index is 191. The SMILES string of the molecule is CN1CCOCC1.NC(=O)CC(F)(F)F. The maximum Gasteiger partial charge on any atom is 0.397 e. The van der Waals surface area contributed by atoms with E-state index < -0.39 is 18.5 Å². The fourth-order valence-electron chi connectivity index (χ4n) is 0.852. The van der Waals surface area contributed by atoms with Gasteiger partial charge in [0.2, 0.25) is 5.91 Å². The maximum atomic E-state index is 11.0. The van der Waals surface area contributed by atoms with Crippen LogP contribution in [0.3, 0.4) is 0 Å². The number of amides is 1. The Morgan fingerprint density at radius 1 is 1.40 bits per heavy atom. The zero-order valence-corrected chi connectivity index (χ0v) is 8.51. The molecule has 1 aliphatic heterocycles. The fourth-order valence-corrected chi connectivity index (χ4v) is 0.852. The number of primary amides is 1. The molecule has 0 spiro atoms. The molecule has 1 rings (SSSR count). The van der Waals surface area contributed by atoms with Crippen LogP contribution in [-0.2, 0) is 9.53 Å². The van der Waals surface area contributed by atoms with Gasteiger partial charge < -0.3 is 15.4 Å². The van der Waals surface area contributed by atoms with Gasteiger partial charge >= 0.3 is 6.18 Å². The molecule has 0 atom stereocenters. The van der Waals surface area contributed by atoms with E-state index in [4.69, 9.17) is 4.74 Å². The number of carbonyl (C=O) groups excluding carboxylic acids is 1. The van der Waals surface area contributed by atoms with Gasteiger partial charge in [-0.25, -0.2) is 0 Å². The summed E-state index contributed by atoms with van der Waals surface area (Å²) in [7, 11) is 2.11. The molecular formula is C8H15F3N2O2. The van der Waals surface area contributed by atoms with Crippen molar-refractivity contribution >= 4 is 5.91 Å². The Hall–Kier alpha value is -0.820. The van der Waals surface area contributed by atoms with Gasteiger partial charge in [0.25, 0.3) is 0 Å². The second kappa shape index (κ2) is 6.62. The first-order valence-electron chi connectivity index (χ1n) is 4.42. The molecule has 1 saturated heterocycles. The van der Waals surface area contributed by atoms with Gasteiger partial charge in [-0.1, -0.05) is 0 Å². The molecule has 1 amide bonds. The van der Waals surface area contributed by atoms with Crippen LogP contribution in [0, 0.1) is 0 Å². The highest BCUT2D eigenvalue weighted by molar-refractivity contribution is 5.74. The van der Waals surface area contributed by atoms with Crippen LogP contribution in [0.2, 0.25) is 0 Å². The topological polar surface area (TPSA) is 55.6 Å². The van der Waals surface area contributed by atoms with Crippen LogP contribution in [0.4, 0.5) is 13.2 Å². The van der Waals surface area contributed by atoms with E-state index in [1.54, 1.807) is 0 Å². The number of morpholine rings is 1. The number of carbonyl (C=O) groups is 1. The predicted molar refractivity (Wildman–Crippen MR) is 48.2 cm³/mol. The largest absolute Gasteiger partial charge is 0.397 e. The van der Waals surface area contributed by atoms with Gasteiger partial charge in [0.1, 0.15) is 6.42 Å². The lowest BCUT2D eigenvalue weighted by molar-refractivity contribution is -0.151. The minimum absolute atomic E-state index is 0.913. The van der Waals surface area contributed by atoms with Crippen molar-refractivity contribution in [2.24, 2.45) is 5.73 Å². The summed E-state index contributed by atoms with van der Waals surface area (Å²) in [5.41, 5.74) is 4.22. The number of alkyl halides is 3. The maximum absolute atomic E-state index is 11.0. The minimum atomic E-state index is -4.45. The van der Waals surface area contributed by atoms with Gasteiger partial charge in [0.05, 0.1) is 13.2 Å². The van der Waals surface area contributed by atoms with Crippen LogP contribution >= 0.6 is 0 Å². The van der Waals surface area contributed by atoms with E-state index in [9.17, 15) is 18.0 Å². The highest BCUT2D eigenvalue weighted by Gasteiger charge is 2.29. The molecule has 0 bridgehead atoms. The molecule has 0 saturated carbocycles. The van der Waals surface area contributed by atoms with Crippen LogP contribution in [0.1, 0.15) is 6.42 Å². The molecule has 7 heteroatoms. The number of halogens is 3. The molecule has 0 radical (unpaired) electrons. The quantitative estimate of drug-likeness (QED) is 0.705. The van der Waals surface area contributed by atoms with Crippen molar-refractivity contribution in [2.45, 2.75) is 12.6 Å². The van der Waals surface area contributed by atoms with Crippen LogP contribution in [0.25, 0.3) is 0 Å². The normalized spacial score (nSPS) is 17.9. The Morgan fingerprint density at radius 3 is 2.00 bits per heavy atom. The smallest absolute Gasteiger partial charge is 0.379 e. The monoisotopic (exact) mass is 228 g/mol. The molecule has 0 unspecified atom stereocenters. The minimum Gasteiger partial charge on any atom is -0.379 e. The van der Waals surface area contributed by atoms with Gasteiger partial charge in [-0.2, -0.15) is 13.2 Å². The summed E-state index contributed by atoms with van der Waals surface area (Å²) in [5.74, 6) is -1.35. The first-order valence-corrected chi connectivity index (χ1v) is 4.42. The highest BCUT2D eigenvalue weighted by atomic mass is 19.4. The van der Waals surface area contributed by atoms with Crippen molar-refractivity contribution < 1.29 is 22.7 Å². The third-order valence-electron chi connectivity index (χ3n) is 1.61. The number of nitrogens with two attached hydrogens (primary N) is 1. The third kappa shape index (κ3) is 11.1. The molecule has 0 aromatic rings. The second-order valence-electron chi connectivity index (χ2n) is 3.17. The lowest BCUT2D eigenvalue weighted by Crippen LogP contribution is -2.32. The van der Waals surface area contributed by atoms with Crippen molar-refractivity contribution in [3.05, 3.63) is 0 Å². The lowest BCUT2D eigenvalue weighted by Gasteiger charge is -2.21. The fraction of sp³-hybridized carbons (Fsp3) is 0.875. The van der Waals surface area contributed by atoms with E-state index in [0.29, 0.717) is 0 Å². The van der Waals surface area contributed by atoms with Crippen LogP contribution in [-0.4, -0.2) is 50.3 Å². The number of ether oxygens (including phenoxy) is 1. The van der Waals surface area contributed by atoms with Gasteiger partial charge in [-0.15, -0.1) is 0 Å². The number of hydrogen-bond donors (Lipinski definition) is 1. The summed E-state index contributed by atoms with van der Waals surface area (Å²) in [6.07, 6.45) is -5.99. The Balaban J connectivity index is 0.000000262. The molecule has 0 aromatic carbocycles. The molecule has 0 aromatic heterocycles. The molecule has 1 aliphatic rings. The third-order valence-corrected chi connectivity index (χ3v) is 1.61. The molecule has 0 aliphatic carbocycles. The van der Waals surface area contributed by atoms with E-state index in [1.807, 2.05) is 0 Å². The summed E-state index contributed by atoms with van der Waals surface area (Å²) in [6.45, 7) is 4.02. The van der Waals surface area contributed by atoms with Crippen molar-refractivity contribution in [3.8, 4) is 0 Å². The summed E-state index contributed by atoms with van der Waals surface area (Å²) in [4.78, 5) is 11.8. The Labute approximate surface area is 86.2 Å². The highest BCUT2D eigenvalue weighted by Crippen LogP contribution is 2.17. The molecule has 90 valence electrons. The van der Waals surface area contributed by atoms with Gasteiger partial charge in [-0.3, -0.25) is 4.79 Å². The molecule has 15 heavy (non-hydrogen) atoms. The van der Waals surface area contributed by atoms with Gasteiger partial charge in [0, 0.05) is 13.1 Å². The number of likely N-dealkylation sites (N-methyl/N-ethyl adjacent to an activating group) is 1. The lowest BCUT2D eigenvalue weighted by atomic mass is 10.4. The van der Waals surface area contributed by atoms with E-state index in [0.717, 1.165) is 26.3 Å². The molecule has 4 nitrogen and oxygen atoms in total. The van der Waals surface area contributed by atoms with Crippen LogP contribution in [0.15, 0.2) is 0 Å². The second-order valence-corrected chi connectivity index (χ2v) is 3.17. The standard InChI is InChI=1S/C5H11NO.C3H4F3NO/c1-6-2-4-7-5-3-6;4-3(5,6)1-2(7)8/h2-5H2,1H3;1H2,(H2,7,8). The molecule has 2 N–H and O–H groups in total. The number of rotatable bonds is 1. The van der Waals surface area contributed by atoms with E-state index >= 15 is 0 Å². The zero-order valence-electron chi connectivity index (χ0n) is 8.51. The number of nitrogens with zero attached hydrogens (tertiary/aromatic N) is 1. The Morgan fingerprint density at radius 2 is 1.87 bits per heavy atom. The van der Waals surface area contributed by atoms with E-state index in [-0.39, 0.29) is 0 Å². The van der Waals surface area contributed by atoms with Crippen LogP contribution in [0.5, 0.6) is 0 Å². The van der Waals surface area contributed by atoms with Gasteiger partial charge in [0.15, 0.2) is 0 Å². The number of hydrogen-bond acceptors (Lipinski definition) is 3. The zero-order chi connectivity index (χ0) is 11.9. The molecule has 1 heterocycles. The molecular weight excluding hydrogens is 213 g/mol. The van der Waals surface area contributed by atoms with E-state index in [1.165, 1.54) is 0 Å². The summed E-state index contributed by atoms with van der Waals surface area (Å²) < 4.78 is 38.1. The summed E-state index contributed by atoms with van der Waals surface area (Å²) >= 11 is 0. The summed E-state index contributed by atoms with van der Waals surface area (Å²) in [5, 5.41) is 0. The predicted octanol–water partition coefficient (Wildman–Crippen LogP) is 0.372. The van der Waals surface area contributed by atoms with Gasteiger partial charge in [-0.05, 0) is 7.05 Å². The van der Waals surface area contributed by atoms with Crippen molar-refractivity contribution in [1.29, 1.82) is 0 Å². The van der Waals surface area contributed by atoms with Crippen LogP contribution < -0.4 is 5.73 Å². The molecule has 1 fully saturated rings. The van der Waals surface area contributed by atoms with E-state index in [2.05, 4.69) is 17.7 Å².